The summed E-state index contributed by atoms with van der Waals surface area (Å²) in [7, 11) is -3.79. The number of fused-ring (bicyclic) bond motifs is 2. The Hall–Kier alpha value is -3.08. The molecule has 5 N–H and O–H groups in total. The molecule has 2 aliphatic rings. The van der Waals surface area contributed by atoms with E-state index in [1.165, 1.54) is 16.4 Å². The Morgan fingerprint density at radius 3 is 2.66 bits per heavy atom. The van der Waals surface area contributed by atoms with Gasteiger partial charge in [-0.1, -0.05) is 29.8 Å². The molecule has 2 aliphatic heterocycles. The van der Waals surface area contributed by atoms with Gasteiger partial charge in [0, 0.05) is 17.6 Å². The van der Waals surface area contributed by atoms with Crippen molar-refractivity contribution in [3.63, 3.8) is 0 Å². The van der Waals surface area contributed by atoms with Crippen LogP contribution in [-0.2, 0) is 16.4 Å². The van der Waals surface area contributed by atoms with Gasteiger partial charge in [-0.2, -0.15) is 10.1 Å². The molecule has 2 atom stereocenters. The lowest BCUT2D eigenvalue weighted by Crippen LogP contribution is -2.52. The zero-order chi connectivity index (χ0) is 22.5. The summed E-state index contributed by atoms with van der Waals surface area (Å²) in [5.41, 5.74) is 15.1. The van der Waals surface area contributed by atoms with Gasteiger partial charge in [0.1, 0.15) is 6.17 Å². The summed E-state index contributed by atoms with van der Waals surface area (Å²) in [6, 6.07) is 13.5. The first-order valence-electron chi connectivity index (χ1n) is 10.1. The summed E-state index contributed by atoms with van der Waals surface area (Å²) in [5, 5.41) is 7.29. The van der Waals surface area contributed by atoms with Crippen LogP contribution in [0.1, 0.15) is 23.7 Å². The van der Waals surface area contributed by atoms with Crippen LogP contribution in [0.25, 0.3) is 0 Å². The van der Waals surface area contributed by atoms with Gasteiger partial charge in [0.05, 0.1) is 22.3 Å². The lowest BCUT2D eigenvalue weighted by Gasteiger charge is -2.38. The molecule has 0 fully saturated rings. The van der Waals surface area contributed by atoms with Crippen molar-refractivity contribution in [3.8, 4) is 0 Å². The quantitative estimate of drug-likeness (QED) is 0.537. The highest BCUT2D eigenvalue weighted by atomic mass is 35.5. The summed E-state index contributed by atoms with van der Waals surface area (Å²) in [6.07, 6.45) is 2.20. The van der Waals surface area contributed by atoms with E-state index < -0.39 is 16.2 Å². The van der Waals surface area contributed by atoms with Gasteiger partial charge in [-0.3, -0.25) is 9.40 Å². The number of rotatable bonds is 3. The lowest BCUT2D eigenvalue weighted by atomic mass is 10.0. The number of para-hydroxylation sites is 1. The molecule has 2 unspecified atom stereocenters. The number of benzene rings is 2. The van der Waals surface area contributed by atoms with Crippen molar-refractivity contribution in [2.75, 3.05) is 10.8 Å². The predicted octanol–water partition coefficient (Wildman–Crippen LogP) is 2.49. The van der Waals surface area contributed by atoms with E-state index in [2.05, 4.69) is 15.2 Å². The Balaban J connectivity index is 1.52. The van der Waals surface area contributed by atoms with Crippen LogP contribution in [0.15, 0.2) is 64.6 Å². The molecule has 3 aromatic rings. The van der Waals surface area contributed by atoms with Gasteiger partial charge in [0.25, 0.3) is 10.0 Å². The summed E-state index contributed by atoms with van der Waals surface area (Å²) >= 11 is 5.96. The number of hydrogen-bond acceptors (Lipinski definition) is 7. The average molecular weight is 472 g/mol. The Labute approximate surface area is 190 Å². The highest BCUT2D eigenvalue weighted by Crippen LogP contribution is 2.36. The minimum absolute atomic E-state index is 0.150. The summed E-state index contributed by atoms with van der Waals surface area (Å²) in [6.45, 7) is 0.265. The Bertz CT molecular complexity index is 1290. The molecule has 0 saturated carbocycles. The third kappa shape index (κ3) is 3.40. The van der Waals surface area contributed by atoms with E-state index in [9.17, 15) is 8.42 Å². The third-order valence-electron chi connectivity index (χ3n) is 5.93. The molecule has 9 nitrogen and oxygen atoms in total. The molecule has 0 aliphatic carbocycles. The standard InChI is InChI=1S/C21H22ClN7O2S/c22-14-5-7-16(8-6-14)32(30,31)28-10-9-15(11-13-3-1-2-4-18(13)28)29-19(23)17-12-25-27-20(17)26-21(29)24/h1-8,12,15,19H,9-11,23H2,(H3,24,25,26,27). The second-order valence-electron chi connectivity index (χ2n) is 7.80. The fourth-order valence-corrected chi connectivity index (χ4v) is 6.01. The van der Waals surface area contributed by atoms with Gasteiger partial charge >= 0.3 is 0 Å². The van der Waals surface area contributed by atoms with Crippen molar-refractivity contribution in [3.05, 3.63) is 70.9 Å². The molecule has 0 radical (unpaired) electrons. The zero-order valence-electron chi connectivity index (χ0n) is 17.0. The van der Waals surface area contributed by atoms with E-state index in [4.69, 9.17) is 23.1 Å². The molecule has 0 amide bonds. The van der Waals surface area contributed by atoms with Crippen LogP contribution in [0.2, 0.25) is 5.02 Å². The Morgan fingerprint density at radius 2 is 1.88 bits per heavy atom. The number of nitrogens with two attached hydrogens (primary N) is 2. The number of halogens is 1. The number of hydrogen-bond donors (Lipinski definition) is 3. The number of sulfonamides is 1. The third-order valence-corrected chi connectivity index (χ3v) is 8.01. The van der Waals surface area contributed by atoms with Crippen LogP contribution in [0, 0.1) is 0 Å². The number of aromatic amines is 1. The first kappa shape index (κ1) is 20.8. The zero-order valence-corrected chi connectivity index (χ0v) is 18.6. The second-order valence-corrected chi connectivity index (χ2v) is 10.1. The van der Waals surface area contributed by atoms with Crippen LogP contribution in [0.4, 0.5) is 11.5 Å². The molecular formula is C21H22ClN7O2S. The first-order chi connectivity index (χ1) is 15.4. The maximum absolute atomic E-state index is 13.5. The molecule has 166 valence electrons. The van der Waals surface area contributed by atoms with E-state index in [1.54, 1.807) is 18.3 Å². The highest BCUT2D eigenvalue weighted by molar-refractivity contribution is 7.92. The molecule has 0 saturated heterocycles. The number of H-pyrrole nitrogens is 1. The highest BCUT2D eigenvalue weighted by Gasteiger charge is 2.37. The molecule has 32 heavy (non-hydrogen) atoms. The topological polar surface area (TPSA) is 134 Å². The van der Waals surface area contributed by atoms with Crippen LogP contribution in [0.5, 0.6) is 0 Å². The van der Waals surface area contributed by atoms with Crippen molar-refractivity contribution >= 4 is 39.1 Å². The van der Waals surface area contributed by atoms with Gasteiger partial charge in [0.2, 0.25) is 0 Å². The smallest absolute Gasteiger partial charge is 0.264 e. The van der Waals surface area contributed by atoms with E-state index in [1.807, 2.05) is 29.2 Å². The largest absolute Gasteiger partial charge is 0.369 e. The van der Waals surface area contributed by atoms with Crippen LogP contribution >= 0.6 is 11.6 Å². The average Bonchev–Trinajstić information content (AvgIpc) is 3.14. The van der Waals surface area contributed by atoms with E-state index in [0.29, 0.717) is 29.4 Å². The molecule has 5 rings (SSSR count). The van der Waals surface area contributed by atoms with Crippen molar-refractivity contribution in [1.29, 1.82) is 0 Å². The fourth-order valence-electron chi connectivity index (χ4n) is 4.36. The van der Waals surface area contributed by atoms with Crippen molar-refractivity contribution < 1.29 is 8.42 Å². The summed E-state index contributed by atoms with van der Waals surface area (Å²) < 4.78 is 28.5. The number of aromatic nitrogens is 2. The van der Waals surface area contributed by atoms with Crippen LogP contribution < -0.4 is 15.8 Å². The molecule has 1 aromatic heterocycles. The number of anilines is 1. The lowest BCUT2D eigenvalue weighted by molar-refractivity contribution is 0.226. The fraction of sp³-hybridized carbons (Fsp3) is 0.238. The maximum Gasteiger partial charge on any atom is 0.264 e. The number of aliphatic imine (C=N–C) groups is 1. The molecule has 0 spiro atoms. The van der Waals surface area contributed by atoms with Gasteiger partial charge in [0.15, 0.2) is 11.8 Å². The number of guanidine groups is 1. The summed E-state index contributed by atoms with van der Waals surface area (Å²) in [4.78, 5) is 6.44. The van der Waals surface area contributed by atoms with E-state index >= 15 is 0 Å². The molecular weight excluding hydrogens is 450 g/mol. The minimum atomic E-state index is -3.79. The minimum Gasteiger partial charge on any atom is -0.369 e. The van der Waals surface area contributed by atoms with E-state index in [-0.39, 0.29) is 23.4 Å². The predicted molar refractivity (Wildman–Crippen MR) is 123 cm³/mol. The van der Waals surface area contributed by atoms with Gasteiger partial charge < -0.3 is 16.4 Å². The van der Waals surface area contributed by atoms with Crippen molar-refractivity contribution in [2.24, 2.45) is 16.5 Å². The van der Waals surface area contributed by atoms with Crippen molar-refractivity contribution in [1.82, 2.24) is 15.1 Å². The Morgan fingerprint density at radius 1 is 1.12 bits per heavy atom. The summed E-state index contributed by atoms with van der Waals surface area (Å²) in [5.74, 6) is 0.831. The van der Waals surface area contributed by atoms with E-state index in [0.717, 1.165) is 11.1 Å². The molecule has 3 heterocycles. The second kappa shape index (κ2) is 7.80. The van der Waals surface area contributed by atoms with Gasteiger partial charge in [-0.15, -0.1) is 0 Å². The van der Waals surface area contributed by atoms with Crippen molar-refractivity contribution in [2.45, 2.75) is 29.9 Å². The normalized spacial score (nSPS) is 20.9. The first-order valence-corrected chi connectivity index (χ1v) is 12.0. The molecule has 0 bridgehead atoms. The molecule has 11 heteroatoms. The SMILES string of the molecule is NC1=Nc2[nH]ncc2C(N)N1C1CCN(S(=O)(=O)c2ccc(Cl)cc2)c2ccccc2C1. The van der Waals surface area contributed by atoms with Crippen LogP contribution in [-0.4, -0.2) is 42.1 Å². The van der Waals surface area contributed by atoms with Gasteiger partial charge in [-0.25, -0.2) is 8.42 Å². The van der Waals surface area contributed by atoms with Gasteiger partial charge in [-0.05, 0) is 48.7 Å². The Kier molecular flexibility index (Phi) is 5.07. The monoisotopic (exact) mass is 471 g/mol. The molecule has 2 aromatic carbocycles. The number of nitrogens with zero attached hydrogens (tertiary/aromatic N) is 4. The maximum atomic E-state index is 13.5. The van der Waals surface area contributed by atoms with Crippen LogP contribution in [0.3, 0.4) is 0 Å². The number of nitrogens with one attached hydrogen (secondary N) is 1.